The van der Waals surface area contributed by atoms with E-state index in [0.717, 1.165) is 27.9 Å². The number of aryl methyl sites for hydroxylation is 1. The first-order valence-corrected chi connectivity index (χ1v) is 6.37. The van der Waals surface area contributed by atoms with Crippen LogP contribution in [0.2, 0.25) is 0 Å². The molecule has 0 saturated heterocycles. The summed E-state index contributed by atoms with van der Waals surface area (Å²) in [5, 5.41) is 2.75. The minimum atomic E-state index is -0.102. The Morgan fingerprint density at radius 2 is 2.05 bits per heavy atom. The van der Waals surface area contributed by atoms with E-state index in [1.54, 1.807) is 0 Å². The van der Waals surface area contributed by atoms with E-state index in [-0.39, 0.29) is 5.91 Å². The van der Waals surface area contributed by atoms with Gasteiger partial charge in [-0.15, -0.1) is 0 Å². The highest BCUT2D eigenvalue weighted by Gasteiger charge is 2.09. The molecule has 0 atom stereocenters. The van der Waals surface area contributed by atoms with E-state index in [1.165, 1.54) is 6.92 Å². The molecule has 4 nitrogen and oxygen atoms in total. The molecular formula is C16H14N2O2. The van der Waals surface area contributed by atoms with Crippen LogP contribution in [0.4, 0.5) is 5.69 Å². The third kappa shape index (κ3) is 2.40. The fraction of sp³-hybridized carbons (Fsp3) is 0.125. The molecule has 0 bridgehead atoms. The Labute approximate surface area is 116 Å². The van der Waals surface area contributed by atoms with Crippen LogP contribution in [0, 0.1) is 6.92 Å². The molecule has 0 aliphatic heterocycles. The number of carbonyl (C=O) groups is 1. The van der Waals surface area contributed by atoms with Crippen molar-refractivity contribution in [3.05, 3.63) is 48.0 Å². The van der Waals surface area contributed by atoms with Gasteiger partial charge in [-0.05, 0) is 42.8 Å². The first kappa shape index (κ1) is 12.4. The predicted molar refractivity (Wildman–Crippen MR) is 78.5 cm³/mol. The standard InChI is InChI=1S/C16H14N2O2/c1-10-6-7-15-14(8-10)18-16(20-15)12-4-3-5-13(9-12)17-11(2)19/h3-9H,1-2H3,(H,17,19). The van der Waals surface area contributed by atoms with Crippen molar-refractivity contribution in [2.75, 3.05) is 5.32 Å². The van der Waals surface area contributed by atoms with Gasteiger partial charge in [-0.25, -0.2) is 4.98 Å². The van der Waals surface area contributed by atoms with Gasteiger partial charge in [0.05, 0.1) is 0 Å². The zero-order chi connectivity index (χ0) is 14.1. The minimum absolute atomic E-state index is 0.102. The summed E-state index contributed by atoms with van der Waals surface area (Å²) in [6, 6.07) is 13.3. The number of carbonyl (C=O) groups excluding carboxylic acids is 1. The van der Waals surface area contributed by atoms with Gasteiger partial charge in [-0.3, -0.25) is 4.79 Å². The Morgan fingerprint density at radius 3 is 2.85 bits per heavy atom. The highest BCUT2D eigenvalue weighted by molar-refractivity contribution is 5.89. The highest BCUT2D eigenvalue weighted by Crippen LogP contribution is 2.26. The number of amides is 1. The molecule has 1 heterocycles. The summed E-state index contributed by atoms with van der Waals surface area (Å²) in [6.45, 7) is 3.50. The number of benzene rings is 2. The summed E-state index contributed by atoms with van der Waals surface area (Å²) in [6.07, 6.45) is 0. The molecular weight excluding hydrogens is 252 g/mol. The summed E-state index contributed by atoms with van der Waals surface area (Å²) in [5.74, 6) is 0.452. The lowest BCUT2D eigenvalue weighted by Crippen LogP contribution is -2.05. The van der Waals surface area contributed by atoms with E-state index in [9.17, 15) is 4.79 Å². The Kier molecular flexibility index (Phi) is 2.99. The number of nitrogens with one attached hydrogen (secondary N) is 1. The molecule has 20 heavy (non-hydrogen) atoms. The van der Waals surface area contributed by atoms with E-state index < -0.39 is 0 Å². The normalized spacial score (nSPS) is 10.7. The number of hydrogen-bond donors (Lipinski definition) is 1. The van der Waals surface area contributed by atoms with Crippen LogP contribution >= 0.6 is 0 Å². The quantitative estimate of drug-likeness (QED) is 0.768. The SMILES string of the molecule is CC(=O)Nc1cccc(-c2nc3cc(C)ccc3o2)c1. The molecule has 0 aliphatic carbocycles. The highest BCUT2D eigenvalue weighted by atomic mass is 16.3. The van der Waals surface area contributed by atoms with Gasteiger partial charge < -0.3 is 9.73 Å². The molecule has 0 fully saturated rings. The summed E-state index contributed by atoms with van der Waals surface area (Å²) >= 11 is 0. The second kappa shape index (κ2) is 4.81. The number of fused-ring (bicyclic) bond motifs is 1. The lowest BCUT2D eigenvalue weighted by molar-refractivity contribution is -0.114. The summed E-state index contributed by atoms with van der Waals surface area (Å²) in [7, 11) is 0. The molecule has 1 aromatic heterocycles. The topological polar surface area (TPSA) is 55.1 Å². The third-order valence-corrected chi connectivity index (χ3v) is 2.97. The van der Waals surface area contributed by atoms with Gasteiger partial charge >= 0.3 is 0 Å². The zero-order valence-corrected chi connectivity index (χ0v) is 11.3. The monoisotopic (exact) mass is 266 g/mol. The van der Waals surface area contributed by atoms with Crippen LogP contribution in [0.1, 0.15) is 12.5 Å². The first-order chi connectivity index (χ1) is 9.61. The number of oxazole rings is 1. The summed E-state index contributed by atoms with van der Waals surface area (Å²) in [4.78, 5) is 15.6. The van der Waals surface area contributed by atoms with E-state index in [0.29, 0.717) is 5.89 Å². The van der Waals surface area contributed by atoms with Crippen LogP contribution in [0.3, 0.4) is 0 Å². The van der Waals surface area contributed by atoms with Crippen LogP contribution in [0.25, 0.3) is 22.6 Å². The van der Waals surface area contributed by atoms with Gasteiger partial charge in [0.2, 0.25) is 11.8 Å². The Morgan fingerprint density at radius 1 is 1.20 bits per heavy atom. The Bertz CT molecular complexity index is 790. The average molecular weight is 266 g/mol. The fourth-order valence-corrected chi connectivity index (χ4v) is 2.09. The molecule has 0 aliphatic rings. The molecule has 3 rings (SSSR count). The van der Waals surface area contributed by atoms with Gasteiger partial charge in [0.15, 0.2) is 5.58 Å². The molecule has 3 aromatic rings. The number of anilines is 1. The number of aromatic nitrogens is 1. The molecule has 1 amide bonds. The first-order valence-electron chi connectivity index (χ1n) is 6.37. The van der Waals surface area contributed by atoms with Crippen molar-refractivity contribution >= 4 is 22.7 Å². The van der Waals surface area contributed by atoms with Gasteiger partial charge in [0, 0.05) is 18.2 Å². The largest absolute Gasteiger partial charge is 0.436 e. The summed E-state index contributed by atoms with van der Waals surface area (Å²) in [5.41, 5.74) is 4.31. The van der Waals surface area contributed by atoms with Crippen molar-refractivity contribution in [2.45, 2.75) is 13.8 Å². The number of rotatable bonds is 2. The number of nitrogens with zero attached hydrogens (tertiary/aromatic N) is 1. The molecule has 0 saturated carbocycles. The second-order valence-corrected chi connectivity index (χ2v) is 4.75. The number of hydrogen-bond acceptors (Lipinski definition) is 3. The van der Waals surface area contributed by atoms with Gasteiger partial charge in [0.25, 0.3) is 0 Å². The van der Waals surface area contributed by atoms with Crippen molar-refractivity contribution in [2.24, 2.45) is 0 Å². The average Bonchev–Trinajstić information content (AvgIpc) is 2.81. The lowest BCUT2D eigenvalue weighted by Gasteiger charge is -2.02. The Hall–Kier alpha value is -2.62. The van der Waals surface area contributed by atoms with Crippen LogP contribution in [0.5, 0.6) is 0 Å². The van der Waals surface area contributed by atoms with E-state index in [1.807, 2.05) is 49.4 Å². The van der Waals surface area contributed by atoms with Crippen molar-refractivity contribution in [1.29, 1.82) is 0 Å². The maximum absolute atomic E-state index is 11.1. The van der Waals surface area contributed by atoms with Crippen molar-refractivity contribution in [3.8, 4) is 11.5 Å². The van der Waals surface area contributed by atoms with Crippen LogP contribution in [0.15, 0.2) is 46.9 Å². The Balaban J connectivity index is 2.03. The van der Waals surface area contributed by atoms with Gasteiger partial charge in [0.1, 0.15) is 5.52 Å². The molecule has 2 aromatic carbocycles. The van der Waals surface area contributed by atoms with Crippen LogP contribution in [-0.4, -0.2) is 10.9 Å². The van der Waals surface area contributed by atoms with Gasteiger partial charge in [-0.1, -0.05) is 12.1 Å². The molecule has 0 radical (unpaired) electrons. The van der Waals surface area contributed by atoms with Crippen molar-refractivity contribution in [3.63, 3.8) is 0 Å². The minimum Gasteiger partial charge on any atom is -0.436 e. The van der Waals surface area contributed by atoms with Gasteiger partial charge in [-0.2, -0.15) is 0 Å². The molecule has 1 N–H and O–H groups in total. The smallest absolute Gasteiger partial charge is 0.227 e. The van der Waals surface area contributed by atoms with E-state index >= 15 is 0 Å². The summed E-state index contributed by atoms with van der Waals surface area (Å²) < 4.78 is 5.75. The molecule has 0 spiro atoms. The predicted octanol–water partition coefficient (Wildman–Crippen LogP) is 3.76. The third-order valence-electron chi connectivity index (χ3n) is 2.97. The molecule has 100 valence electrons. The molecule has 0 unspecified atom stereocenters. The van der Waals surface area contributed by atoms with Crippen molar-refractivity contribution in [1.82, 2.24) is 4.98 Å². The fourth-order valence-electron chi connectivity index (χ4n) is 2.09. The van der Waals surface area contributed by atoms with Crippen LogP contribution in [-0.2, 0) is 4.79 Å². The van der Waals surface area contributed by atoms with E-state index in [2.05, 4.69) is 10.3 Å². The second-order valence-electron chi connectivity index (χ2n) is 4.75. The molecule has 4 heteroatoms. The van der Waals surface area contributed by atoms with Crippen molar-refractivity contribution < 1.29 is 9.21 Å². The maximum Gasteiger partial charge on any atom is 0.227 e. The zero-order valence-electron chi connectivity index (χ0n) is 11.3. The lowest BCUT2D eigenvalue weighted by atomic mass is 10.2. The van der Waals surface area contributed by atoms with E-state index in [4.69, 9.17) is 4.42 Å². The van der Waals surface area contributed by atoms with Crippen LogP contribution < -0.4 is 5.32 Å². The maximum atomic E-state index is 11.1.